The SMILES string of the molecule is O=C(c1ccn2c(-c3ccc(F)cc3)nnc2c1)N1CCCC1. The van der Waals surface area contributed by atoms with Gasteiger partial charge in [0.05, 0.1) is 0 Å². The third-order valence-electron chi connectivity index (χ3n) is 4.15. The standard InChI is InChI=1S/C17H15FN4O/c18-14-5-3-12(4-6-14)16-20-19-15-11-13(7-10-22(15)16)17(23)21-8-1-2-9-21/h3-7,10-11H,1-2,8-9H2. The number of nitrogens with zero attached hydrogens (tertiary/aromatic N) is 4. The Hall–Kier alpha value is -2.76. The maximum atomic E-state index is 13.0. The number of hydrogen-bond acceptors (Lipinski definition) is 3. The lowest BCUT2D eigenvalue weighted by Gasteiger charge is -2.15. The number of carbonyl (C=O) groups is 1. The summed E-state index contributed by atoms with van der Waals surface area (Å²) >= 11 is 0. The third-order valence-corrected chi connectivity index (χ3v) is 4.15. The molecule has 1 aliphatic heterocycles. The minimum absolute atomic E-state index is 0.0383. The molecule has 6 heteroatoms. The van der Waals surface area contributed by atoms with Crippen molar-refractivity contribution in [1.82, 2.24) is 19.5 Å². The van der Waals surface area contributed by atoms with Crippen molar-refractivity contribution in [3.63, 3.8) is 0 Å². The molecule has 1 fully saturated rings. The second-order valence-electron chi connectivity index (χ2n) is 5.67. The zero-order valence-electron chi connectivity index (χ0n) is 12.4. The Morgan fingerprint density at radius 1 is 1.04 bits per heavy atom. The Balaban J connectivity index is 1.71. The Bertz CT molecular complexity index is 866. The van der Waals surface area contributed by atoms with Gasteiger partial charge in [-0.05, 0) is 49.2 Å². The van der Waals surface area contributed by atoms with Gasteiger partial charge in [0, 0.05) is 30.4 Å². The van der Waals surface area contributed by atoms with Gasteiger partial charge >= 0.3 is 0 Å². The predicted octanol–water partition coefficient (Wildman–Crippen LogP) is 2.77. The molecule has 116 valence electrons. The topological polar surface area (TPSA) is 50.5 Å². The van der Waals surface area contributed by atoms with Gasteiger partial charge in [0.2, 0.25) is 0 Å². The molecule has 0 aliphatic carbocycles. The highest BCUT2D eigenvalue weighted by molar-refractivity contribution is 5.95. The molecular weight excluding hydrogens is 295 g/mol. The smallest absolute Gasteiger partial charge is 0.254 e. The molecule has 23 heavy (non-hydrogen) atoms. The van der Waals surface area contributed by atoms with Crippen LogP contribution >= 0.6 is 0 Å². The zero-order chi connectivity index (χ0) is 15.8. The molecule has 0 bridgehead atoms. The second-order valence-corrected chi connectivity index (χ2v) is 5.67. The van der Waals surface area contributed by atoms with E-state index in [1.54, 1.807) is 34.9 Å². The van der Waals surface area contributed by atoms with Crippen LogP contribution in [0.1, 0.15) is 23.2 Å². The summed E-state index contributed by atoms with van der Waals surface area (Å²) in [6, 6.07) is 9.64. The lowest BCUT2D eigenvalue weighted by atomic mass is 10.2. The first kappa shape index (κ1) is 13.9. The van der Waals surface area contributed by atoms with E-state index >= 15 is 0 Å². The van der Waals surface area contributed by atoms with E-state index in [1.165, 1.54) is 12.1 Å². The molecule has 0 radical (unpaired) electrons. The van der Waals surface area contributed by atoms with E-state index in [0.29, 0.717) is 17.0 Å². The predicted molar refractivity (Wildman–Crippen MR) is 83.5 cm³/mol. The molecule has 1 amide bonds. The summed E-state index contributed by atoms with van der Waals surface area (Å²) in [6.07, 6.45) is 3.92. The van der Waals surface area contributed by atoms with E-state index in [4.69, 9.17) is 0 Å². The summed E-state index contributed by atoms with van der Waals surface area (Å²) in [7, 11) is 0. The lowest BCUT2D eigenvalue weighted by molar-refractivity contribution is 0.0793. The summed E-state index contributed by atoms with van der Waals surface area (Å²) in [5, 5.41) is 8.29. The Labute approximate surface area is 132 Å². The molecule has 0 unspecified atom stereocenters. The van der Waals surface area contributed by atoms with Gasteiger partial charge in [-0.15, -0.1) is 10.2 Å². The average molecular weight is 310 g/mol. The molecule has 0 spiro atoms. The zero-order valence-corrected chi connectivity index (χ0v) is 12.4. The van der Waals surface area contributed by atoms with E-state index in [0.717, 1.165) is 31.5 Å². The number of halogens is 1. The molecule has 1 aliphatic rings. The molecular formula is C17H15FN4O. The number of fused-ring (bicyclic) bond motifs is 1. The molecule has 1 aromatic carbocycles. The van der Waals surface area contributed by atoms with Crippen LogP contribution in [0.5, 0.6) is 0 Å². The molecule has 3 heterocycles. The van der Waals surface area contributed by atoms with Crippen molar-refractivity contribution in [2.45, 2.75) is 12.8 Å². The maximum Gasteiger partial charge on any atom is 0.254 e. The number of pyridine rings is 1. The van der Waals surface area contributed by atoms with Crippen LogP contribution in [-0.2, 0) is 0 Å². The summed E-state index contributed by atoms with van der Waals surface area (Å²) < 4.78 is 14.8. The number of hydrogen-bond donors (Lipinski definition) is 0. The third kappa shape index (κ3) is 2.46. The number of aromatic nitrogens is 3. The lowest BCUT2D eigenvalue weighted by Crippen LogP contribution is -2.27. The molecule has 4 rings (SSSR count). The van der Waals surface area contributed by atoms with Crippen molar-refractivity contribution in [2.24, 2.45) is 0 Å². The number of likely N-dealkylation sites (tertiary alicyclic amines) is 1. The highest BCUT2D eigenvalue weighted by Gasteiger charge is 2.20. The van der Waals surface area contributed by atoms with Crippen molar-refractivity contribution in [3.05, 3.63) is 54.0 Å². The fraction of sp³-hybridized carbons (Fsp3) is 0.235. The van der Waals surface area contributed by atoms with Gasteiger partial charge in [0.1, 0.15) is 5.82 Å². The van der Waals surface area contributed by atoms with E-state index < -0.39 is 0 Å². The molecule has 1 saturated heterocycles. The van der Waals surface area contributed by atoms with Crippen LogP contribution in [0.25, 0.3) is 17.0 Å². The van der Waals surface area contributed by atoms with Gasteiger partial charge in [-0.1, -0.05) is 0 Å². The summed E-state index contributed by atoms with van der Waals surface area (Å²) in [6.45, 7) is 1.63. The van der Waals surface area contributed by atoms with Crippen molar-refractivity contribution >= 4 is 11.6 Å². The van der Waals surface area contributed by atoms with Crippen molar-refractivity contribution < 1.29 is 9.18 Å². The number of benzene rings is 1. The number of rotatable bonds is 2. The minimum atomic E-state index is -0.291. The average Bonchev–Trinajstić information content (AvgIpc) is 3.24. The van der Waals surface area contributed by atoms with Crippen LogP contribution in [-0.4, -0.2) is 38.5 Å². The molecule has 2 aromatic heterocycles. The molecule has 3 aromatic rings. The van der Waals surface area contributed by atoms with E-state index in [9.17, 15) is 9.18 Å². The Morgan fingerprint density at radius 3 is 2.52 bits per heavy atom. The monoisotopic (exact) mass is 310 g/mol. The first-order valence-electron chi connectivity index (χ1n) is 7.62. The second kappa shape index (κ2) is 5.46. The van der Waals surface area contributed by atoms with E-state index in [2.05, 4.69) is 10.2 Å². The van der Waals surface area contributed by atoms with Crippen molar-refractivity contribution in [3.8, 4) is 11.4 Å². The van der Waals surface area contributed by atoms with Crippen molar-refractivity contribution in [1.29, 1.82) is 0 Å². The summed E-state index contributed by atoms with van der Waals surface area (Å²) in [4.78, 5) is 14.3. The van der Waals surface area contributed by atoms with E-state index in [1.807, 2.05) is 4.90 Å². The summed E-state index contributed by atoms with van der Waals surface area (Å²) in [5.41, 5.74) is 2.00. The molecule has 0 saturated carbocycles. The maximum absolute atomic E-state index is 13.0. The molecule has 0 atom stereocenters. The van der Waals surface area contributed by atoms with Crippen LogP contribution in [0.15, 0.2) is 42.6 Å². The van der Waals surface area contributed by atoms with Crippen LogP contribution in [0.2, 0.25) is 0 Å². The highest BCUT2D eigenvalue weighted by Crippen LogP contribution is 2.20. The van der Waals surface area contributed by atoms with Gasteiger partial charge in [0.15, 0.2) is 11.5 Å². The Kier molecular flexibility index (Phi) is 3.29. The highest BCUT2D eigenvalue weighted by atomic mass is 19.1. The molecule has 5 nitrogen and oxygen atoms in total. The quantitative estimate of drug-likeness (QED) is 0.731. The first-order valence-corrected chi connectivity index (χ1v) is 7.62. The van der Waals surface area contributed by atoms with E-state index in [-0.39, 0.29) is 11.7 Å². The van der Waals surface area contributed by atoms with Crippen LogP contribution in [0, 0.1) is 5.82 Å². The van der Waals surface area contributed by atoms with Crippen molar-refractivity contribution in [2.75, 3.05) is 13.1 Å². The van der Waals surface area contributed by atoms with Crippen LogP contribution in [0.4, 0.5) is 4.39 Å². The molecule has 0 N–H and O–H groups in total. The number of carbonyl (C=O) groups excluding carboxylic acids is 1. The fourth-order valence-corrected chi connectivity index (χ4v) is 2.92. The number of amides is 1. The van der Waals surface area contributed by atoms with Gasteiger partial charge in [-0.2, -0.15) is 0 Å². The van der Waals surface area contributed by atoms with Gasteiger partial charge in [-0.25, -0.2) is 4.39 Å². The summed E-state index contributed by atoms with van der Waals surface area (Å²) in [5.74, 6) is 0.373. The first-order chi connectivity index (χ1) is 11.2. The van der Waals surface area contributed by atoms with Crippen LogP contribution < -0.4 is 0 Å². The largest absolute Gasteiger partial charge is 0.339 e. The van der Waals surface area contributed by atoms with Gasteiger partial charge in [0.25, 0.3) is 5.91 Å². The minimum Gasteiger partial charge on any atom is -0.339 e. The van der Waals surface area contributed by atoms with Crippen LogP contribution in [0.3, 0.4) is 0 Å². The van der Waals surface area contributed by atoms with Gasteiger partial charge in [-0.3, -0.25) is 9.20 Å². The Morgan fingerprint density at radius 2 is 1.78 bits per heavy atom. The fourth-order valence-electron chi connectivity index (χ4n) is 2.92. The van der Waals surface area contributed by atoms with Gasteiger partial charge < -0.3 is 4.90 Å². The normalized spacial score (nSPS) is 14.6.